The first-order valence-electron chi connectivity index (χ1n) is 9.33. The summed E-state index contributed by atoms with van der Waals surface area (Å²) in [5, 5.41) is 4.72. The molecule has 2 heterocycles. The Bertz CT molecular complexity index is 1360. The maximum atomic E-state index is 12.8. The molecule has 3 aromatic carbocycles. The highest BCUT2D eigenvalue weighted by Gasteiger charge is 2.30. The second-order valence-electron chi connectivity index (χ2n) is 6.92. The van der Waals surface area contributed by atoms with Crippen molar-refractivity contribution in [2.45, 2.75) is 13.5 Å². The third-order valence-corrected chi connectivity index (χ3v) is 6.16. The van der Waals surface area contributed by atoms with E-state index in [9.17, 15) is 14.4 Å². The van der Waals surface area contributed by atoms with Gasteiger partial charge in [-0.25, -0.2) is 0 Å². The number of rotatable bonds is 4. The lowest BCUT2D eigenvalue weighted by molar-refractivity contribution is -0.114. The minimum absolute atomic E-state index is 0.0144. The number of carbonyl (C=O) groups is 2. The fraction of sp³-hybridized carbons (Fsp3) is 0.136. The van der Waals surface area contributed by atoms with Crippen LogP contribution in [0.15, 0.2) is 59.4 Å². The number of anilines is 2. The van der Waals surface area contributed by atoms with Crippen molar-refractivity contribution >= 4 is 55.5 Å². The molecule has 1 N–H and O–H groups in total. The van der Waals surface area contributed by atoms with Crippen LogP contribution in [0.2, 0.25) is 0 Å². The molecule has 0 saturated carbocycles. The molecule has 0 saturated heterocycles. The molecule has 6 nitrogen and oxygen atoms in total. The summed E-state index contributed by atoms with van der Waals surface area (Å²) < 4.78 is 2.52. The Balaban J connectivity index is 1.40. The van der Waals surface area contributed by atoms with Crippen molar-refractivity contribution < 1.29 is 9.59 Å². The number of carbonyl (C=O) groups excluding carboxylic acids is 2. The molecule has 29 heavy (non-hydrogen) atoms. The highest BCUT2D eigenvalue weighted by molar-refractivity contribution is 7.16. The first kappa shape index (κ1) is 17.6. The molecular weight excluding hydrogens is 386 g/mol. The smallest absolute Gasteiger partial charge is 0.308 e. The van der Waals surface area contributed by atoms with E-state index in [0.29, 0.717) is 17.8 Å². The second kappa shape index (κ2) is 6.56. The van der Waals surface area contributed by atoms with Gasteiger partial charge in [-0.15, -0.1) is 0 Å². The van der Waals surface area contributed by atoms with Crippen LogP contribution in [-0.4, -0.2) is 22.9 Å². The third kappa shape index (κ3) is 2.74. The summed E-state index contributed by atoms with van der Waals surface area (Å²) in [5.41, 5.74) is 2.84. The number of thiazole rings is 1. The number of hydrogen-bond acceptors (Lipinski definition) is 4. The maximum absolute atomic E-state index is 12.8. The molecule has 144 valence electrons. The van der Waals surface area contributed by atoms with Gasteiger partial charge >= 0.3 is 4.87 Å². The zero-order valence-electron chi connectivity index (χ0n) is 15.6. The second-order valence-corrected chi connectivity index (χ2v) is 7.91. The monoisotopic (exact) mass is 403 g/mol. The van der Waals surface area contributed by atoms with E-state index in [1.54, 1.807) is 22.8 Å². The summed E-state index contributed by atoms with van der Waals surface area (Å²) in [4.78, 5) is 39.0. The fourth-order valence-electron chi connectivity index (χ4n) is 3.92. The molecular formula is C22H17N3O3S. The van der Waals surface area contributed by atoms with Crippen molar-refractivity contribution in [2.75, 3.05) is 16.8 Å². The molecule has 0 aliphatic carbocycles. The van der Waals surface area contributed by atoms with Crippen LogP contribution < -0.4 is 15.1 Å². The van der Waals surface area contributed by atoms with Crippen LogP contribution in [0.5, 0.6) is 0 Å². The molecule has 0 radical (unpaired) electrons. The lowest BCUT2D eigenvalue weighted by Gasteiger charge is -2.17. The molecule has 5 rings (SSSR count). The number of nitrogens with zero attached hydrogens (tertiary/aromatic N) is 2. The van der Waals surface area contributed by atoms with Gasteiger partial charge in [-0.1, -0.05) is 35.6 Å². The van der Waals surface area contributed by atoms with E-state index in [4.69, 9.17) is 0 Å². The predicted octanol–water partition coefficient (Wildman–Crippen LogP) is 3.84. The molecule has 1 aliphatic rings. The van der Waals surface area contributed by atoms with E-state index < -0.39 is 0 Å². The molecule has 0 fully saturated rings. The molecule has 0 bridgehead atoms. The van der Waals surface area contributed by atoms with Crippen LogP contribution in [0.25, 0.3) is 21.0 Å². The van der Waals surface area contributed by atoms with Crippen molar-refractivity contribution in [3.8, 4) is 0 Å². The lowest BCUT2D eigenvalue weighted by Crippen LogP contribution is -2.35. The average molecular weight is 403 g/mol. The number of benzene rings is 3. The van der Waals surface area contributed by atoms with Crippen LogP contribution in [0.3, 0.4) is 0 Å². The normalized spacial score (nSPS) is 12.9. The zero-order valence-corrected chi connectivity index (χ0v) is 16.5. The Morgan fingerprint density at radius 2 is 1.86 bits per heavy atom. The van der Waals surface area contributed by atoms with Crippen LogP contribution >= 0.6 is 11.3 Å². The number of hydrogen-bond donors (Lipinski definition) is 1. The average Bonchev–Trinajstić information content (AvgIpc) is 3.17. The van der Waals surface area contributed by atoms with Crippen LogP contribution in [0.1, 0.15) is 17.3 Å². The van der Waals surface area contributed by atoms with E-state index in [1.165, 1.54) is 4.90 Å². The van der Waals surface area contributed by atoms with Crippen molar-refractivity contribution in [1.29, 1.82) is 0 Å². The Hall–Kier alpha value is -3.45. The van der Waals surface area contributed by atoms with Gasteiger partial charge in [-0.3, -0.25) is 23.9 Å². The van der Waals surface area contributed by atoms with E-state index in [1.807, 2.05) is 43.3 Å². The van der Waals surface area contributed by atoms with Gasteiger partial charge in [0, 0.05) is 23.2 Å². The van der Waals surface area contributed by atoms with Gasteiger partial charge < -0.3 is 5.32 Å². The van der Waals surface area contributed by atoms with Gasteiger partial charge in [0.2, 0.25) is 5.91 Å². The SMILES string of the molecule is CCn1c(=O)sc2cc(NC(=O)CN3C(=O)c4cccc5cccc3c45)ccc21. The number of nitrogens with one attached hydrogen (secondary N) is 1. The minimum atomic E-state index is -0.287. The minimum Gasteiger partial charge on any atom is -0.324 e. The molecule has 0 spiro atoms. The summed E-state index contributed by atoms with van der Waals surface area (Å²) in [6, 6.07) is 16.7. The Morgan fingerprint density at radius 1 is 1.07 bits per heavy atom. The summed E-state index contributed by atoms with van der Waals surface area (Å²) in [7, 11) is 0. The van der Waals surface area contributed by atoms with Gasteiger partial charge in [0.05, 0.1) is 15.9 Å². The van der Waals surface area contributed by atoms with E-state index in [0.717, 1.165) is 38.0 Å². The first-order valence-corrected chi connectivity index (χ1v) is 10.2. The molecule has 4 aromatic rings. The highest BCUT2D eigenvalue weighted by atomic mass is 32.1. The fourth-order valence-corrected chi connectivity index (χ4v) is 4.92. The van der Waals surface area contributed by atoms with E-state index in [-0.39, 0.29) is 23.2 Å². The van der Waals surface area contributed by atoms with E-state index >= 15 is 0 Å². The lowest BCUT2D eigenvalue weighted by atomic mass is 10.1. The van der Waals surface area contributed by atoms with Crippen molar-refractivity contribution in [2.24, 2.45) is 0 Å². The standard InChI is InChI=1S/C22H17N3O3S/c1-2-24-16-10-9-14(11-18(16)29-22(24)28)23-19(26)12-25-17-8-4-6-13-5-3-7-15(20(13)17)21(25)27/h3-11H,2,12H2,1H3,(H,23,26). The van der Waals surface area contributed by atoms with Crippen LogP contribution in [0, 0.1) is 0 Å². The van der Waals surface area contributed by atoms with Gasteiger partial charge in [0.25, 0.3) is 5.91 Å². The number of aryl methyl sites for hydroxylation is 1. The Labute approximate surface area is 170 Å². The molecule has 2 amide bonds. The largest absolute Gasteiger partial charge is 0.324 e. The van der Waals surface area contributed by atoms with Crippen LogP contribution in [0.4, 0.5) is 11.4 Å². The molecule has 1 aromatic heterocycles. The zero-order chi connectivity index (χ0) is 20.1. The molecule has 7 heteroatoms. The summed E-state index contributed by atoms with van der Waals surface area (Å²) in [6.45, 7) is 2.46. The van der Waals surface area contributed by atoms with Crippen molar-refractivity contribution in [3.63, 3.8) is 0 Å². The highest BCUT2D eigenvalue weighted by Crippen LogP contribution is 2.37. The third-order valence-electron chi connectivity index (χ3n) is 5.22. The number of amides is 2. The Morgan fingerprint density at radius 3 is 2.66 bits per heavy atom. The maximum Gasteiger partial charge on any atom is 0.308 e. The first-order chi connectivity index (χ1) is 14.1. The summed E-state index contributed by atoms with van der Waals surface area (Å²) in [6.07, 6.45) is 0. The van der Waals surface area contributed by atoms with Gasteiger partial charge in [0.1, 0.15) is 6.54 Å². The number of aromatic nitrogens is 1. The van der Waals surface area contributed by atoms with E-state index in [2.05, 4.69) is 5.32 Å². The summed E-state index contributed by atoms with van der Waals surface area (Å²) >= 11 is 1.16. The molecule has 0 unspecified atom stereocenters. The number of fused-ring (bicyclic) bond motifs is 1. The molecule has 0 atom stereocenters. The van der Waals surface area contributed by atoms with Gasteiger partial charge in [-0.05, 0) is 42.6 Å². The van der Waals surface area contributed by atoms with Crippen molar-refractivity contribution in [1.82, 2.24) is 4.57 Å². The predicted molar refractivity (Wildman–Crippen MR) is 116 cm³/mol. The van der Waals surface area contributed by atoms with Crippen molar-refractivity contribution in [3.05, 3.63) is 69.8 Å². The quantitative estimate of drug-likeness (QED) is 0.563. The van der Waals surface area contributed by atoms with Gasteiger partial charge in [0.15, 0.2) is 0 Å². The van der Waals surface area contributed by atoms with Crippen LogP contribution in [-0.2, 0) is 11.3 Å². The topological polar surface area (TPSA) is 71.4 Å². The summed E-state index contributed by atoms with van der Waals surface area (Å²) in [5.74, 6) is -0.453. The molecule has 1 aliphatic heterocycles. The Kier molecular flexibility index (Phi) is 3.99. The van der Waals surface area contributed by atoms with Gasteiger partial charge in [-0.2, -0.15) is 0 Å².